The fourth-order valence-corrected chi connectivity index (χ4v) is 9.15. The summed E-state index contributed by atoms with van der Waals surface area (Å²) in [5, 5.41) is 0. The zero-order valence-corrected chi connectivity index (χ0v) is 22.2. The van der Waals surface area contributed by atoms with Crippen LogP contribution in [-0.4, -0.2) is 61.9 Å². The van der Waals surface area contributed by atoms with E-state index in [1.54, 1.807) is 11.4 Å². The molecule has 0 aromatic heterocycles. The molecule has 1 spiro atoms. The van der Waals surface area contributed by atoms with Gasteiger partial charge in [-0.3, -0.25) is 9.69 Å². The van der Waals surface area contributed by atoms with Crippen molar-refractivity contribution in [3.8, 4) is 11.5 Å². The first-order valence-corrected chi connectivity index (χ1v) is 14.7. The van der Waals surface area contributed by atoms with E-state index < -0.39 is 10.0 Å². The second-order valence-electron chi connectivity index (χ2n) is 10.9. The Morgan fingerprint density at radius 3 is 2.76 bits per heavy atom. The SMILES string of the molecule is C=CCN1CC[C@@]23c4c5ccc(OC(C)=O)c4C[C@@H]1[C@@H]2CC[C@@H](N(C)S(=O)(=O)Cc1ccccc1)[C@@H]3O5. The average molecular weight is 523 g/mol. The summed E-state index contributed by atoms with van der Waals surface area (Å²) < 4.78 is 41.2. The predicted octanol–water partition coefficient (Wildman–Crippen LogP) is 3.67. The maximum absolute atomic E-state index is 13.6. The first-order valence-electron chi connectivity index (χ1n) is 13.1. The zero-order valence-electron chi connectivity index (χ0n) is 21.4. The second kappa shape index (κ2) is 8.96. The Hall–Kier alpha value is -2.68. The molecule has 2 aliphatic heterocycles. The Balaban J connectivity index is 1.42. The van der Waals surface area contributed by atoms with Crippen molar-refractivity contribution in [1.82, 2.24) is 9.21 Å². The van der Waals surface area contributed by atoms with Crippen molar-refractivity contribution in [2.75, 3.05) is 20.1 Å². The highest BCUT2D eigenvalue weighted by atomic mass is 32.2. The molecule has 4 aliphatic rings. The van der Waals surface area contributed by atoms with Crippen molar-refractivity contribution in [2.24, 2.45) is 5.92 Å². The number of sulfonamides is 1. The maximum atomic E-state index is 13.6. The molecule has 1 saturated heterocycles. The quantitative estimate of drug-likeness (QED) is 0.314. The molecular weight excluding hydrogens is 488 g/mol. The van der Waals surface area contributed by atoms with Gasteiger partial charge in [0.2, 0.25) is 10.0 Å². The minimum atomic E-state index is -3.56. The largest absolute Gasteiger partial charge is 0.487 e. The molecule has 7 nitrogen and oxygen atoms in total. The van der Waals surface area contributed by atoms with E-state index >= 15 is 0 Å². The third-order valence-corrected chi connectivity index (χ3v) is 11.0. The predicted molar refractivity (Wildman–Crippen MR) is 141 cm³/mol. The number of rotatable bonds is 7. The highest BCUT2D eigenvalue weighted by Gasteiger charge is 2.66. The monoisotopic (exact) mass is 522 g/mol. The van der Waals surface area contributed by atoms with Crippen molar-refractivity contribution in [3.63, 3.8) is 0 Å². The fraction of sp³-hybridized carbons (Fsp3) is 0.483. The van der Waals surface area contributed by atoms with Crippen molar-refractivity contribution in [1.29, 1.82) is 0 Å². The van der Waals surface area contributed by atoms with E-state index in [2.05, 4.69) is 11.5 Å². The van der Waals surface area contributed by atoms with Gasteiger partial charge in [0.1, 0.15) is 17.6 Å². The molecule has 5 atom stereocenters. The number of carbonyl (C=O) groups excluding carboxylic acids is 1. The third-order valence-electron chi connectivity index (χ3n) is 9.12. The molecule has 2 bridgehead atoms. The smallest absolute Gasteiger partial charge is 0.308 e. The van der Waals surface area contributed by atoms with Gasteiger partial charge < -0.3 is 9.47 Å². The summed E-state index contributed by atoms with van der Waals surface area (Å²) in [5.41, 5.74) is 2.66. The molecule has 1 saturated carbocycles. The number of benzene rings is 2. The van der Waals surface area contributed by atoms with Gasteiger partial charge >= 0.3 is 5.97 Å². The number of carbonyl (C=O) groups is 1. The molecule has 2 heterocycles. The highest BCUT2D eigenvalue weighted by molar-refractivity contribution is 7.88. The summed E-state index contributed by atoms with van der Waals surface area (Å²) in [5.74, 6) is 1.39. The van der Waals surface area contributed by atoms with E-state index in [0.717, 1.165) is 61.2 Å². The minimum absolute atomic E-state index is 0.0332. The van der Waals surface area contributed by atoms with Gasteiger partial charge in [-0.05, 0) is 55.8 Å². The topological polar surface area (TPSA) is 76.2 Å². The molecule has 37 heavy (non-hydrogen) atoms. The summed E-state index contributed by atoms with van der Waals surface area (Å²) in [6.07, 6.45) is 5.01. The van der Waals surface area contributed by atoms with Crippen LogP contribution < -0.4 is 9.47 Å². The number of esters is 1. The first kappa shape index (κ1) is 24.6. The van der Waals surface area contributed by atoms with Gasteiger partial charge in [0, 0.05) is 43.1 Å². The Labute approximate surface area is 219 Å². The standard InChI is InChI=1S/C29H34N2O5S/c1-4-15-31-16-14-29-22-10-11-23(30(3)37(33,34)18-20-8-6-5-7-9-20)28(29)36-26-13-12-25(35-19(2)32)21(27(26)29)17-24(22)31/h4-9,12-13,22-24,28H,1,10-11,14-18H2,2-3H3/t22-,23+,24+,28-,29-/m0/s1. The lowest BCUT2D eigenvalue weighted by atomic mass is 9.51. The molecule has 0 N–H and O–H groups in total. The third kappa shape index (κ3) is 3.75. The van der Waals surface area contributed by atoms with Crippen LogP contribution >= 0.6 is 0 Å². The van der Waals surface area contributed by atoms with Gasteiger partial charge in [0.15, 0.2) is 0 Å². The van der Waals surface area contributed by atoms with Gasteiger partial charge in [-0.15, -0.1) is 6.58 Å². The van der Waals surface area contributed by atoms with Gasteiger partial charge in [-0.25, -0.2) is 8.42 Å². The van der Waals surface area contributed by atoms with E-state index in [9.17, 15) is 13.2 Å². The Morgan fingerprint density at radius 1 is 1.24 bits per heavy atom. The van der Waals surface area contributed by atoms with E-state index in [4.69, 9.17) is 9.47 Å². The summed E-state index contributed by atoms with van der Waals surface area (Å²) in [6, 6.07) is 13.1. The summed E-state index contributed by atoms with van der Waals surface area (Å²) in [7, 11) is -1.85. The van der Waals surface area contributed by atoms with E-state index in [1.165, 1.54) is 6.92 Å². The number of hydrogen-bond acceptors (Lipinski definition) is 6. The van der Waals surface area contributed by atoms with Crippen LogP contribution in [0.15, 0.2) is 55.1 Å². The first-order chi connectivity index (χ1) is 17.8. The lowest BCUT2D eigenvalue weighted by Crippen LogP contribution is -2.68. The molecule has 6 rings (SSSR count). The van der Waals surface area contributed by atoms with Crippen molar-refractivity contribution in [2.45, 2.75) is 62.0 Å². The second-order valence-corrected chi connectivity index (χ2v) is 12.9. The van der Waals surface area contributed by atoms with E-state index in [-0.39, 0.29) is 35.3 Å². The van der Waals surface area contributed by atoms with Crippen LogP contribution in [-0.2, 0) is 32.4 Å². The number of ether oxygens (including phenoxy) is 2. The van der Waals surface area contributed by atoms with Gasteiger partial charge in [-0.1, -0.05) is 36.4 Å². The number of nitrogens with zero attached hydrogens (tertiary/aromatic N) is 2. The molecular formula is C29H34N2O5S. The van der Waals surface area contributed by atoms with Crippen molar-refractivity contribution < 1.29 is 22.7 Å². The Bertz CT molecular complexity index is 1340. The molecule has 196 valence electrons. The van der Waals surface area contributed by atoms with Gasteiger partial charge in [0.05, 0.1) is 11.8 Å². The summed E-state index contributed by atoms with van der Waals surface area (Å²) >= 11 is 0. The van der Waals surface area contributed by atoms with Crippen LogP contribution in [0.2, 0.25) is 0 Å². The van der Waals surface area contributed by atoms with E-state index in [1.807, 2.05) is 48.5 Å². The molecule has 8 heteroatoms. The van der Waals surface area contributed by atoms with Crippen LogP contribution in [0, 0.1) is 5.92 Å². The maximum Gasteiger partial charge on any atom is 0.308 e. The van der Waals surface area contributed by atoms with Crippen LogP contribution in [0.1, 0.15) is 42.9 Å². The average Bonchev–Trinajstić information content (AvgIpc) is 3.20. The van der Waals surface area contributed by atoms with Gasteiger partial charge in [0.25, 0.3) is 0 Å². The van der Waals surface area contributed by atoms with E-state index in [0.29, 0.717) is 11.7 Å². The Kier molecular flexibility index (Phi) is 5.97. The van der Waals surface area contributed by atoms with Crippen LogP contribution in [0.3, 0.4) is 0 Å². The highest BCUT2D eigenvalue weighted by Crippen LogP contribution is 2.63. The van der Waals surface area contributed by atoms with Crippen LogP contribution in [0.4, 0.5) is 0 Å². The van der Waals surface area contributed by atoms with Crippen LogP contribution in [0.25, 0.3) is 0 Å². The normalized spacial score (nSPS) is 29.9. The number of piperidine rings is 1. The summed E-state index contributed by atoms with van der Waals surface area (Å²) in [6.45, 7) is 7.11. The zero-order chi connectivity index (χ0) is 25.9. The molecule has 2 aliphatic carbocycles. The molecule has 2 aromatic carbocycles. The Morgan fingerprint density at radius 2 is 2.03 bits per heavy atom. The number of likely N-dealkylation sites (N-methyl/N-ethyl adjacent to an activating group) is 1. The number of hydrogen-bond donors (Lipinski definition) is 0. The van der Waals surface area contributed by atoms with Crippen LogP contribution in [0.5, 0.6) is 11.5 Å². The molecule has 0 radical (unpaired) electrons. The number of likely N-dealkylation sites (tertiary alicyclic amines) is 1. The molecule has 2 aromatic rings. The molecule has 0 amide bonds. The minimum Gasteiger partial charge on any atom is -0.487 e. The lowest BCUT2D eigenvalue weighted by Gasteiger charge is -2.60. The molecule has 0 unspecified atom stereocenters. The van der Waals surface area contributed by atoms with Gasteiger partial charge in [-0.2, -0.15) is 4.31 Å². The summed E-state index contributed by atoms with van der Waals surface area (Å²) in [4.78, 5) is 14.4. The van der Waals surface area contributed by atoms with Crippen molar-refractivity contribution in [3.05, 3.63) is 71.8 Å². The molecule has 2 fully saturated rings. The lowest BCUT2D eigenvalue weighted by molar-refractivity contribution is -0.132. The fourth-order valence-electron chi connectivity index (χ4n) is 7.71. The van der Waals surface area contributed by atoms with Crippen molar-refractivity contribution >= 4 is 16.0 Å².